The number of hydrogen-bond acceptors (Lipinski definition) is 4. The quantitative estimate of drug-likeness (QED) is 0.829. The Balaban J connectivity index is 1.41. The van der Waals surface area contributed by atoms with Crippen molar-refractivity contribution in [3.8, 4) is 5.75 Å². The number of carbonyl (C=O) groups excluding carboxylic acids is 1. The number of sulfone groups is 1. The summed E-state index contributed by atoms with van der Waals surface area (Å²) in [5.41, 5.74) is 1.71. The summed E-state index contributed by atoms with van der Waals surface area (Å²) in [5, 5.41) is 3.60. The number of carbonyl (C=O) groups is 1. The van der Waals surface area contributed by atoms with Gasteiger partial charge in [0.2, 0.25) is 0 Å². The zero-order valence-corrected chi connectivity index (χ0v) is 16.2. The van der Waals surface area contributed by atoms with Crippen molar-refractivity contribution in [2.75, 3.05) is 31.2 Å². The first-order valence-electron chi connectivity index (χ1n) is 9.03. The lowest BCUT2D eigenvalue weighted by Crippen LogP contribution is -2.50. The first kappa shape index (κ1) is 17.9. The minimum absolute atomic E-state index is 0.153. The molecule has 1 spiro atoms. The summed E-state index contributed by atoms with van der Waals surface area (Å²) in [7, 11) is -2.96. The van der Waals surface area contributed by atoms with E-state index in [0.717, 1.165) is 36.1 Å². The van der Waals surface area contributed by atoms with E-state index in [1.165, 1.54) is 0 Å². The van der Waals surface area contributed by atoms with E-state index in [9.17, 15) is 13.2 Å². The van der Waals surface area contributed by atoms with Crippen LogP contribution in [0.3, 0.4) is 0 Å². The van der Waals surface area contributed by atoms with E-state index in [-0.39, 0.29) is 23.0 Å². The first-order valence-corrected chi connectivity index (χ1v) is 11.2. The van der Waals surface area contributed by atoms with E-state index < -0.39 is 9.84 Å². The number of hydrogen-bond donors (Lipinski definition) is 1. The number of benzene rings is 1. The lowest BCUT2D eigenvalue weighted by Gasteiger charge is -2.39. The molecule has 1 aromatic carbocycles. The molecular formula is C18H23ClN2O4S. The number of likely N-dealkylation sites (tertiary alicyclic amines) is 1. The molecule has 8 heteroatoms. The van der Waals surface area contributed by atoms with Gasteiger partial charge in [-0.2, -0.15) is 0 Å². The Hall–Kier alpha value is -1.47. The third kappa shape index (κ3) is 3.51. The van der Waals surface area contributed by atoms with Gasteiger partial charge in [-0.3, -0.25) is 0 Å². The number of rotatable bonds is 2. The van der Waals surface area contributed by atoms with Gasteiger partial charge in [-0.1, -0.05) is 11.6 Å². The second-order valence-electron chi connectivity index (χ2n) is 7.68. The highest BCUT2D eigenvalue weighted by Gasteiger charge is 2.45. The van der Waals surface area contributed by atoms with Gasteiger partial charge in [-0.15, -0.1) is 0 Å². The van der Waals surface area contributed by atoms with Gasteiger partial charge in [-0.25, -0.2) is 13.2 Å². The van der Waals surface area contributed by atoms with Gasteiger partial charge in [-0.05, 0) is 37.0 Å². The minimum atomic E-state index is -2.96. The second kappa shape index (κ2) is 6.60. The number of amides is 2. The van der Waals surface area contributed by atoms with E-state index in [1.54, 1.807) is 4.90 Å². The third-order valence-electron chi connectivity index (χ3n) is 5.67. The van der Waals surface area contributed by atoms with Crippen molar-refractivity contribution in [2.45, 2.75) is 32.2 Å². The van der Waals surface area contributed by atoms with E-state index in [0.29, 0.717) is 37.7 Å². The molecule has 2 amide bonds. The fourth-order valence-electron chi connectivity index (χ4n) is 4.45. The molecule has 26 heavy (non-hydrogen) atoms. The van der Waals surface area contributed by atoms with Crippen molar-refractivity contribution in [3.63, 3.8) is 0 Å². The molecule has 0 radical (unpaired) electrons. The number of ether oxygens (including phenoxy) is 1. The van der Waals surface area contributed by atoms with Crippen LogP contribution in [0.5, 0.6) is 5.75 Å². The van der Waals surface area contributed by atoms with Crippen molar-refractivity contribution in [2.24, 2.45) is 5.41 Å². The van der Waals surface area contributed by atoms with Crippen LogP contribution in [0.4, 0.5) is 4.79 Å². The summed E-state index contributed by atoms with van der Waals surface area (Å²) in [6.07, 6.45) is 3.22. The molecule has 1 atom stereocenters. The van der Waals surface area contributed by atoms with Crippen LogP contribution in [-0.4, -0.2) is 50.6 Å². The maximum absolute atomic E-state index is 12.6. The maximum atomic E-state index is 12.6. The van der Waals surface area contributed by atoms with Crippen LogP contribution in [0, 0.1) is 5.41 Å². The van der Waals surface area contributed by atoms with E-state index in [2.05, 4.69) is 5.32 Å². The van der Waals surface area contributed by atoms with Crippen molar-refractivity contribution in [1.29, 1.82) is 0 Å². The highest BCUT2D eigenvalue weighted by molar-refractivity contribution is 7.91. The average molecular weight is 399 g/mol. The van der Waals surface area contributed by atoms with Crippen LogP contribution in [0.2, 0.25) is 5.02 Å². The fraction of sp³-hybridized carbons (Fsp3) is 0.611. The Morgan fingerprint density at radius 3 is 2.96 bits per heavy atom. The second-order valence-corrected chi connectivity index (χ2v) is 10.3. The van der Waals surface area contributed by atoms with Gasteiger partial charge in [0.05, 0.1) is 18.1 Å². The van der Waals surface area contributed by atoms with Gasteiger partial charge < -0.3 is 15.0 Å². The smallest absolute Gasteiger partial charge is 0.317 e. The molecule has 1 aromatic rings. The molecule has 0 unspecified atom stereocenters. The molecule has 1 N–H and O–H groups in total. The summed E-state index contributed by atoms with van der Waals surface area (Å²) < 4.78 is 29.4. The molecule has 142 valence electrons. The number of fused-ring (bicyclic) bond motifs is 1. The van der Waals surface area contributed by atoms with E-state index >= 15 is 0 Å². The standard InChI is InChI=1S/C18H23ClN2O4S/c19-15-8-13-2-6-25-16(13)14(9-15)10-20-17(22)21-5-1-3-18(11-21)4-7-26(23,24)12-18/h8-9H,1-7,10-12H2,(H,20,22)/t18-/m0/s1. The summed E-state index contributed by atoms with van der Waals surface area (Å²) in [6, 6.07) is 3.58. The Kier molecular flexibility index (Phi) is 4.55. The molecule has 3 heterocycles. The Bertz CT molecular complexity index is 842. The Morgan fingerprint density at radius 2 is 2.19 bits per heavy atom. The molecule has 2 fully saturated rings. The predicted octanol–water partition coefficient (Wildman–Crippen LogP) is 2.39. The van der Waals surface area contributed by atoms with Crippen LogP contribution < -0.4 is 10.1 Å². The van der Waals surface area contributed by atoms with Gasteiger partial charge in [0, 0.05) is 42.1 Å². The van der Waals surface area contributed by atoms with Gasteiger partial charge >= 0.3 is 6.03 Å². The van der Waals surface area contributed by atoms with Crippen molar-refractivity contribution in [3.05, 3.63) is 28.3 Å². The highest BCUT2D eigenvalue weighted by Crippen LogP contribution is 2.40. The van der Waals surface area contributed by atoms with Gasteiger partial charge in [0.15, 0.2) is 9.84 Å². The monoisotopic (exact) mass is 398 g/mol. The zero-order chi connectivity index (χ0) is 18.4. The summed E-state index contributed by atoms with van der Waals surface area (Å²) in [4.78, 5) is 14.4. The molecule has 0 saturated carbocycles. The lowest BCUT2D eigenvalue weighted by molar-refractivity contribution is 0.121. The number of urea groups is 1. The highest BCUT2D eigenvalue weighted by atomic mass is 35.5. The van der Waals surface area contributed by atoms with Crippen molar-refractivity contribution >= 4 is 27.5 Å². The van der Waals surface area contributed by atoms with Crippen LogP contribution >= 0.6 is 11.6 Å². The SMILES string of the molecule is O=C(NCc1cc(Cl)cc2c1OCC2)N1CCC[C@]2(CCS(=O)(=O)C2)C1. The Morgan fingerprint density at radius 1 is 1.35 bits per heavy atom. The molecule has 3 aliphatic heterocycles. The van der Waals surface area contributed by atoms with Crippen LogP contribution in [0.1, 0.15) is 30.4 Å². The van der Waals surface area contributed by atoms with Crippen LogP contribution in [0.15, 0.2) is 12.1 Å². The summed E-state index contributed by atoms with van der Waals surface area (Å²) in [6.45, 7) is 2.17. The maximum Gasteiger partial charge on any atom is 0.317 e. The van der Waals surface area contributed by atoms with Crippen LogP contribution in [0.25, 0.3) is 0 Å². The lowest BCUT2D eigenvalue weighted by atomic mass is 9.80. The predicted molar refractivity (Wildman–Crippen MR) is 99.4 cm³/mol. The van der Waals surface area contributed by atoms with E-state index in [1.807, 2.05) is 12.1 Å². The minimum Gasteiger partial charge on any atom is -0.493 e. The molecule has 0 bridgehead atoms. The van der Waals surface area contributed by atoms with Gasteiger partial charge in [0.1, 0.15) is 5.75 Å². The fourth-order valence-corrected chi connectivity index (χ4v) is 6.91. The molecule has 6 nitrogen and oxygen atoms in total. The average Bonchev–Trinajstić information content (AvgIpc) is 3.16. The molecule has 3 aliphatic rings. The van der Waals surface area contributed by atoms with Crippen molar-refractivity contribution in [1.82, 2.24) is 10.2 Å². The topological polar surface area (TPSA) is 75.7 Å². The molecule has 2 saturated heterocycles. The third-order valence-corrected chi connectivity index (χ3v) is 7.77. The number of nitrogens with one attached hydrogen (secondary N) is 1. The number of piperidine rings is 1. The van der Waals surface area contributed by atoms with Gasteiger partial charge in [0.25, 0.3) is 0 Å². The van der Waals surface area contributed by atoms with E-state index in [4.69, 9.17) is 16.3 Å². The number of halogens is 1. The molecular weight excluding hydrogens is 376 g/mol. The molecule has 0 aromatic heterocycles. The van der Waals surface area contributed by atoms with Crippen molar-refractivity contribution < 1.29 is 17.9 Å². The first-order chi connectivity index (χ1) is 12.4. The number of nitrogens with zero attached hydrogens (tertiary/aromatic N) is 1. The molecule has 0 aliphatic carbocycles. The zero-order valence-electron chi connectivity index (χ0n) is 14.6. The summed E-state index contributed by atoms with van der Waals surface area (Å²) >= 11 is 6.17. The Labute approximate surface area is 158 Å². The molecule has 4 rings (SSSR count). The van der Waals surface area contributed by atoms with Crippen LogP contribution in [-0.2, 0) is 22.8 Å². The largest absolute Gasteiger partial charge is 0.493 e. The normalized spacial score (nSPS) is 26.6. The summed E-state index contributed by atoms with van der Waals surface area (Å²) in [5.74, 6) is 1.28.